The van der Waals surface area contributed by atoms with Gasteiger partial charge in [-0.15, -0.1) is 0 Å². The first-order valence-corrected chi connectivity index (χ1v) is 16.1. The third-order valence-corrected chi connectivity index (χ3v) is 11.8. The maximum Gasteiger partial charge on any atom is 0.0701 e. The Morgan fingerprint density at radius 1 is 0.486 bits per heavy atom. The summed E-state index contributed by atoms with van der Waals surface area (Å²) in [4.78, 5) is 0. The highest BCUT2D eigenvalue weighted by Crippen LogP contribution is 2.59. The maximum atomic E-state index is 11.0. The third-order valence-electron chi connectivity index (χ3n) is 11.8. The first-order valence-electron chi connectivity index (χ1n) is 16.1. The minimum Gasteiger partial charge on any atom is -0.393 e. The van der Waals surface area contributed by atoms with Gasteiger partial charge in [-0.2, -0.15) is 0 Å². The molecule has 0 aromatic rings. The molecule has 2 N–H and O–H groups in total. The average molecular weight is 489 g/mol. The van der Waals surface area contributed by atoms with Crippen molar-refractivity contribution in [2.24, 2.45) is 40.9 Å². The second-order valence-corrected chi connectivity index (χ2v) is 13.7. The Bertz CT molecular complexity index is 568. The van der Waals surface area contributed by atoms with E-state index < -0.39 is 0 Å². The summed E-state index contributed by atoms with van der Waals surface area (Å²) in [6.45, 7) is 2.00. The van der Waals surface area contributed by atoms with Crippen LogP contribution in [0.15, 0.2) is 0 Å². The number of hydrogen-bond donors (Lipinski definition) is 2. The van der Waals surface area contributed by atoms with Gasteiger partial charge in [0, 0.05) is 0 Å². The van der Waals surface area contributed by atoms with Crippen molar-refractivity contribution in [1.82, 2.24) is 0 Å². The van der Waals surface area contributed by atoms with Crippen LogP contribution in [-0.2, 0) is 4.74 Å². The number of aliphatic hydroxyl groups excluding tert-OH is 2. The molecule has 5 aliphatic carbocycles. The van der Waals surface area contributed by atoms with Gasteiger partial charge < -0.3 is 14.9 Å². The zero-order valence-electron chi connectivity index (χ0n) is 22.7. The van der Waals surface area contributed by atoms with E-state index in [4.69, 9.17) is 0 Å². The SMILES string of the molecule is C1CO1.OC1CCC(C2(C3CCC(O)C(C4CCCCC4)C3)CCCCC2)CC1C1CCCCC1. The third kappa shape index (κ3) is 6.48. The Kier molecular flexibility index (Phi) is 9.55. The fourth-order valence-corrected chi connectivity index (χ4v) is 9.92. The van der Waals surface area contributed by atoms with Gasteiger partial charge in [-0.05, 0) is 92.3 Å². The Hall–Kier alpha value is -0.120. The Morgan fingerprint density at radius 2 is 0.886 bits per heavy atom. The van der Waals surface area contributed by atoms with Gasteiger partial charge in [0.2, 0.25) is 0 Å². The van der Waals surface area contributed by atoms with Gasteiger partial charge in [-0.1, -0.05) is 83.5 Å². The van der Waals surface area contributed by atoms with Crippen molar-refractivity contribution in [3.8, 4) is 0 Å². The van der Waals surface area contributed by atoms with Crippen LogP contribution in [0.3, 0.4) is 0 Å². The molecule has 5 saturated carbocycles. The quantitative estimate of drug-likeness (QED) is 0.399. The standard InChI is InChI=1S/C30H52O2.C2H4O/c31-28-16-14-24(20-26(28)22-10-4-1-5-11-22)30(18-8-3-9-19-30)25-15-17-29(32)27(21-25)23-12-6-2-7-13-23;1-2-3-1/h22-29,31-32H,1-21H2;1-2H2. The number of epoxide rings is 1. The lowest BCUT2D eigenvalue weighted by Crippen LogP contribution is -2.49. The van der Waals surface area contributed by atoms with Crippen molar-refractivity contribution in [3.05, 3.63) is 0 Å². The van der Waals surface area contributed by atoms with E-state index in [1.807, 2.05) is 0 Å². The topological polar surface area (TPSA) is 53.0 Å². The summed E-state index contributed by atoms with van der Waals surface area (Å²) < 4.78 is 4.50. The normalized spacial score (nSPS) is 41.0. The van der Waals surface area contributed by atoms with Gasteiger partial charge in [-0.25, -0.2) is 0 Å². The lowest BCUT2D eigenvalue weighted by atomic mass is 9.50. The lowest BCUT2D eigenvalue weighted by molar-refractivity contribution is -0.0926. The van der Waals surface area contributed by atoms with Crippen LogP contribution in [0.5, 0.6) is 0 Å². The second-order valence-electron chi connectivity index (χ2n) is 13.7. The minimum atomic E-state index is -0.0295. The molecular formula is C32H56O3. The Labute approximate surface area is 216 Å². The molecule has 1 aliphatic heterocycles. The molecule has 1 heterocycles. The summed E-state index contributed by atoms with van der Waals surface area (Å²) in [6, 6.07) is 0. The predicted molar refractivity (Wildman–Crippen MR) is 143 cm³/mol. The van der Waals surface area contributed by atoms with Gasteiger partial charge in [0.05, 0.1) is 25.4 Å². The molecule has 1 saturated heterocycles. The molecule has 3 heteroatoms. The molecule has 6 rings (SSSR count). The summed E-state index contributed by atoms with van der Waals surface area (Å²) in [5, 5.41) is 22.1. The first kappa shape index (κ1) is 26.5. The highest BCUT2D eigenvalue weighted by atomic mass is 16.6. The van der Waals surface area contributed by atoms with Gasteiger partial charge >= 0.3 is 0 Å². The summed E-state index contributed by atoms with van der Waals surface area (Å²) in [7, 11) is 0. The van der Waals surface area contributed by atoms with Crippen molar-refractivity contribution in [1.29, 1.82) is 0 Å². The summed E-state index contributed by atoms with van der Waals surface area (Å²) in [6.07, 6.45) is 28.4. The van der Waals surface area contributed by atoms with Crippen LogP contribution >= 0.6 is 0 Å². The van der Waals surface area contributed by atoms with Crippen molar-refractivity contribution in [3.63, 3.8) is 0 Å². The molecule has 6 aliphatic rings. The van der Waals surface area contributed by atoms with E-state index in [9.17, 15) is 10.2 Å². The Balaban J connectivity index is 0.000000786. The van der Waals surface area contributed by atoms with E-state index >= 15 is 0 Å². The molecule has 0 aromatic carbocycles. The first-order chi connectivity index (χ1) is 17.2. The molecule has 35 heavy (non-hydrogen) atoms. The van der Waals surface area contributed by atoms with E-state index in [1.54, 1.807) is 0 Å². The monoisotopic (exact) mass is 488 g/mol. The van der Waals surface area contributed by atoms with Crippen LogP contribution in [0.4, 0.5) is 0 Å². The van der Waals surface area contributed by atoms with E-state index in [2.05, 4.69) is 4.74 Å². The van der Waals surface area contributed by atoms with Crippen molar-refractivity contribution < 1.29 is 14.9 Å². The maximum absolute atomic E-state index is 11.0. The van der Waals surface area contributed by atoms with Crippen molar-refractivity contribution >= 4 is 0 Å². The molecule has 3 nitrogen and oxygen atoms in total. The van der Waals surface area contributed by atoms with Gasteiger partial charge in [0.1, 0.15) is 0 Å². The van der Waals surface area contributed by atoms with E-state index in [0.717, 1.165) is 49.7 Å². The minimum absolute atomic E-state index is 0.0295. The van der Waals surface area contributed by atoms with Crippen LogP contribution < -0.4 is 0 Å². The van der Waals surface area contributed by atoms with E-state index in [1.165, 1.54) is 122 Å². The summed E-state index contributed by atoms with van der Waals surface area (Å²) >= 11 is 0. The molecular weight excluding hydrogens is 432 g/mol. The summed E-state index contributed by atoms with van der Waals surface area (Å²) in [5.41, 5.74) is 0.526. The number of rotatable bonds is 4. The largest absolute Gasteiger partial charge is 0.393 e. The number of aliphatic hydroxyl groups is 2. The van der Waals surface area contributed by atoms with E-state index in [-0.39, 0.29) is 12.2 Å². The smallest absolute Gasteiger partial charge is 0.0701 e. The predicted octanol–water partition coefficient (Wildman–Crippen LogP) is 7.67. The van der Waals surface area contributed by atoms with Crippen LogP contribution in [0.2, 0.25) is 0 Å². The molecule has 202 valence electrons. The molecule has 0 amide bonds. The molecule has 6 fully saturated rings. The Morgan fingerprint density at radius 3 is 1.29 bits per heavy atom. The van der Waals surface area contributed by atoms with Crippen LogP contribution in [0.1, 0.15) is 135 Å². The highest BCUT2D eigenvalue weighted by Gasteiger charge is 2.51. The fourth-order valence-electron chi connectivity index (χ4n) is 9.92. The van der Waals surface area contributed by atoms with Gasteiger partial charge in [-0.3, -0.25) is 0 Å². The van der Waals surface area contributed by atoms with Gasteiger partial charge in [0.25, 0.3) is 0 Å². The van der Waals surface area contributed by atoms with Gasteiger partial charge in [0.15, 0.2) is 0 Å². The van der Waals surface area contributed by atoms with E-state index in [0.29, 0.717) is 17.3 Å². The molecule has 0 spiro atoms. The number of hydrogen-bond acceptors (Lipinski definition) is 3. The molecule has 0 bridgehead atoms. The van der Waals surface area contributed by atoms with Crippen LogP contribution in [-0.4, -0.2) is 35.6 Å². The molecule has 6 unspecified atom stereocenters. The molecule has 6 atom stereocenters. The summed E-state index contributed by atoms with van der Waals surface area (Å²) in [5.74, 6) is 4.43. The lowest BCUT2D eigenvalue weighted by Gasteiger charge is -2.56. The zero-order chi connectivity index (χ0) is 24.1. The van der Waals surface area contributed by atoms with Crippen molar-refractivity contribution in [2.75, 3.05) is 13.2 Å². The highest BCUT2D eigenvalue weighted by molar-refractivity contribution is 5.01. The molecule has 0 radical (unpaired) electrons. The number of ether oxygens (including phenoxy) is 1. The van der Waals surface area contributed by atoms with Crippen molar-refractivity contribution in [2.45, 2.75) is 147 Å². The zero-order valence-corrected chi connectivity index (χ0v) is 22.7. The average Bonchev–Trinajstić information content (AvgIpc) is 3.81. The second kappa shape index (κ2) is 12.6. The molecule has 0 aromatic heterocycles. The fraction of sp³-hybridized carbons (Fsp3) is 1.00. The van der Waals surface area contributed by atoms with Crippen LogP contribution in [0, 0.1) is 40.9 Å². The van der Waals surface area contributed by atoms with Crippen LogP contribution in [0.25, 0.3) is 0 Å².